The lowest BCUT2D eigenvalue weighted by atomic mass is 9.80. The van der Waals surface area contributed by atoms with Crippen LogP contribution in [0.15, 0.2) is 11.8 Å². The summed E-state index contributed by atoms with van der Waals surface area (Å²) < 4.78 is 35.4. The zero-order valence-electron chi connectivity index (χ0n) is 23.7. The number of aliphatic hydroxyl groups excluding tert-OH is 6. The fourth-order valence-corrected chi connectivity index (χ4v) is 5.91. The van der Waals surface area contributed by atoms with E-state index >= 15 is 0 Å². The van der Waals surface area contributed by atoms with Crippen LogP contribution in [0.4, 0.5) is 0 Å². The number of likely N-dealkylation sites (N-methyl/N-ethyl adjacent to an activating group) is 1. The zero-order chi connectivity index (χ0) is 30.9. The molecule has 17 heteroatoms. The van der Waals surface area contributed by atoms with Crippen molar-refractivity contribution < 1.29 is 59.1 Å². The Kier molecular flexibility index (Phi) is 11.5. The average molecular weight is 610 g/mol. The summed E-state index contributed by atoms with van der Waals surface area (Å²) in [7, 11) is 1.69. The predicted octanol–water partition coefficient (Wildman–Crippen LogP) is -6.17. The molecule has 0 radical (unpaired) electrons. The molecule has 0 spiro atoms. The van der Waals surface area contributed by atoms with Crippen molar-refractivity contribution >= 4 is 0 Å². The molecule has 42 heavy (non-hydrogen) atoms. The van der Waals surface area contributed by atoms with Crippen LogP contribution in [0.2, 0.25) is 0 Å². The molecule has 1 aliphatic carbocycles. The summed E-state index contributed by atoms with van der Waals surface area (Å²) in [6.07, 6.45) is -13.7. The Labute approximate surface area is 243 Å². The second-order valence-corrected chi connectivity index (χ2v) is 11.3. The zero-order valence-corrected chi connectivity index (χ0v) is 23.7. The number of nitrogens with two attached hydrogens (primary N) is 4. The number of nitrogens with one attached hydrogen (secondary N) is 1. The Morgan fingerprint density at radius 3 is 2.10 bits per heavy atom. The smallest absolute Gasteiger partial charge is 0.217 e. The van der Waals surface area contributed by atoms with Crippen molar-refractivity contribution in [3.05, 3.63) is 11.8 Å². The van der Waals surface area contributed by atoms with Gasteiger partial charge in [0.1, 0.15) is 48.5 Å². The Balaban J connectivity index is 1.51. The number of hydrogen-bond acceptors (Lipinski definition) is 17. The quantitative estimate of drug-likeness (QED) is 0.110. The summed E-state index contributed by atoms with van der Waals surface area (Å²) in [6.45, 7) is 1.17. The molecule has 4 rings (SSSR count). The minimum Gasteiger partial charge on any atom is -0.466 e. The minimum absolute atomic E-state index is 0.0106. The van der Waals surface area contributed by atoms with Gasteiger partial charge in [-0.2, -0.15) is 0 Å². The van der Waals surface area contributed by atoms with Crippen molar-refractivity contribution in [2.24, 2.45) is 28.9 Å². The summed E-state index contributed by atoms with van der Waals surface area (Å²) in [5.74, 6) is 0.0618. The first kappa shape index (κ1) is 33.8. The van der Waals surface area contributed by atoms with Crippen LogP contribution in [0, 0.1) is 5.92 Å². The van der Waals surface area contributed by atoms with Crippen LogP contribution in [0.3, 0.4) is 0 Å². The van der Waals surface area contributed by atoms with Gasteiger partial charge < -0.3 is 87.3 Å². The van der Waals surface area contributed by atoms with Gasteiger partial charge in [0, 0.05) is 12.6 Å². The first-order valence-electron chi connectivity index (χ1n) is 14.2. The van der Waals surface area contributed by atoms with E-state index in [4.69, 9.17) is 51.4 Å². The van der Waals surface area contributed by atoms with Gasteiger partial charge in [-0.15, -0.1) is 0 Å². The van der Waals surface area contributed by atoms with E-state index in [1.807, 2.05) is 6.92 Å². The fourth-order valence-electron chi connectivity index (χ4n) is 5.91. The number of ether oxygens (including phenoxy) is 6. The monoisotopic (exact) mass is 609 g/mol. The van der Waals surface area contributed by atoms with Gasteiger partial charge in [0.25, 0.3) is 0 Å². The normalized spacial score (nSPS) is 49.9. The highest BCUT2D eigenvalue weighted by molar-refractivity contribution is 5.08. The van der Waals surface area contributed by atoms with Gasteiger partial charge in [-0.1, -0.05) is 6.92 Å². The van der Waals surface area contributed by atoms with E-state index in [1.165, 1.54) is 6.08 Å². The molecule has 2 saturated heterocycles. The number of rotatable bonds is 10. The third kappa shape index (κ3) is 6.76. The van der Waals surface area contributed by atoms with E-state index in [0.29, 0.717) is 12.2 Å². The molecule has 3 fully saturated rings. The van der Waals surface area contributed by atoms with Gasteiger partial charge in [-0.3, -0.25) is 0 Å². The number of aliphatic hydroxyl groups is 6. The average Bonchev–Trinajstić information content (AvgIpc) is 3.27. The van der Waals surface area contributed by atoms with Gasteiger partial charge in [0.05, 0.1) is 43.5 Å². The lowest BCUT2D eigenvalue weighted by Crippen LogP contribution is -2.64. The number of hydrogen-bond donors (Lipinski definition) is 11. The maximum Gasteiger partial charge on any atom is 0.217 e. The molecule has 0 aromatic carbocycles. The third-order valence-corrected chi connectivity index (χ3v) is 8.49. The Bertz CT molecular complexity index is 906. The Morgan fingerprint density at radius 2 is 1.48 bits per heavy atom. The molecule has 17 atom stereocenters. The molecule has 17 nitrogen and oxygen atoms in total. The molecule has 0 unspecified atom stereocenters. The first-order chi connectivity index (χ1) is 19.9. The maximum atomic E-state index is 11.3. The molecule has 1 saturated carbocycles. The van der Waals surface area contributed by atoms with Crippen LogP contribution < -0.4 is 28.3 Å². The van der Waals surface area contributed by atoms with Gasteiger partial charge >= 0.3 is 0 Å². The summed E-state index contributed by atoms with van der Waals surface area (Å²) >= 11 is 0. The van der Waals surface area contributed by atoms with Gasteiger partial charge in [0.2, 0.25) is 6.29 Å². The van der Waals surface area contributed by atoms with Gasteiger partial charge in [-0.25, -0.2) is 0 Å². The lowest BCUT2D eigenvalue weighted by molar-refractivity contribution is -0.285. The highest BCUT2D eigenvalue weighted by Crippen LogP contribution is 2.36. The SMILES string of the molecule is CN[C@@H]1C[C@H](C)[C@@H](O[C@H]2OC(CN)=C[C@@H](O)[C@H]2N)[C@H](O[C@@H]2O[C@H](CO)[C@@H](O[C@H]3O[C@@H](CN)[C@@H](O)[C@H](O)[C@H]3N)[C@H]2O)[C@H]1O. The van der Waals surface area contributed by atoms with E-state index in [-0.39, 0.29) is 19.0 Å². The van der Waals surface area contributed by atoms with E-state index in [2.05, 4.69) is 5.32 Å². The minimum atomic E-state index is -1.52. The molecule has 0 aromatic rings. The van der Waals surface area contributed by atoms with Crippen LogP contribution in [-0.4, -0.2) is 155 Å². The summed E-state index contributed by atoms with van der Waals surface area (Å²) in [6, 6.07) is -2.57. The summed E-state index contributed by atoms with van der Waals surface area (Å²) in [5.41, 5.74) is 23.5. The molecular weight excluding hydrogens is 562 g/mol. The highest BCUT2D eigenvalue weighted by atomic mass is 16.8. The summed E-state index contributed by atoms with van der Waals surface area (Å²) in [4.78, 5) is 0. The van der Waals surface area contributed by atoms with E-state index in [9.17, 15) is 30.6 Å². The van der Waals surface area contributed by atoms with Crippen molar-refractivity contribution in [1.29, 1.82) is 0 Å². The Morgan fingerprint density at radius 1 is 0.833 bits per heavy atom. The predicted molar refractivity (Wildman–Crippen MR) is 143 cm³/mol. The second-order valence-electron chi connectivity index (χ2n) is 11.3. The van der Waals surface area contributed by atoms with Gasteiger partial charge in [0.15, 0.2) is 12.6 Å². The van der Waals surface area contributed by atoms with Crippen molar-refractivity contribution in [2.45, 2.75) is 111 Å². The van der Waals surface area contributed by atoms with E-state index < -0.39 is 105 Å². The second kappa shape index (κ2) is 14.3. The summed E-state index contributed by atoms with van der Waals surface area (Å²) in [5, 5.41) is 66.4. The van der Waals surface area contributed by atoms with Crippen molar-refractivity contribution in [3.8, 4) is 0 Å². The largest absolute Gasteiger partial charge is 0.466 e. The van der Waals surface area contributed by atoms with Crippen LogP contribution in [0.1, 0.15) is 13.3 Å². The molecule has 3 aliphatic heterocycles. The topological polar surface area (TPSA) is 293 Å². The lowest BCUT2D eigenvalue weighted by Gasteiger charge is -2.46. The van der Waals surface area contributed by atoms with E-state index in [1.54, 1.807) is 7.05 Å². The van der Waals surface area contributed by atoms with Crippen LogP contribution >= 0.6 is 0 Å². The molecular formula is C25H47N5O12. The Hall–Kier alpha value is -1.10. The van der Waals surface area contributed by atoms with Crippen molar-refractivity contribution in [3.63, 3.8) is 0 Å². The molecule has 0 aromatic heterocycles. The third-order valence-electron chi connectivity index (χ3n) is 8.49. The molecule has 244 valence electrons. The van der Waals surface area contributed by atoms with Crippen LogP contribution in [0.5, 0.6) is 0 Å². The highest BCUT2D eigenvalue weighted by Gasteiger charge is 2.53. The molecule has 4 aliphatic rings. The first-order valence-corrected chi connectivity index (χ1v) is 14.2. The molecule has 0 amide bonds. The van der Waals surface area contributed by atoms with Gasteiger partial charge in [-0.05, 0) is 25.5 Å². The van der Waals surface area contributed by atoms with Crippen LogP contribution in [-0.2, 0) is 28.4 Å². The standard InChI is InChI=1S/C25H47N5O12/c1-8-3-10(30-2)16(33)22(20(8)40-23-14(28)11(32)4-9(5-26)37-23)42-25-19(36)21(13(7-31)39-25)41-24-15(29)18(35)17(34)12(6-27)38-24/h4,8,10-25,30-36H,3,5-7,26-29H2,1-2H3/t8-,10+,11+,12-,13+,14+,15+,16-,17+,18+,19+,20+,21+,22+,23+,24+,25-/m0/s1. The van der Waals surface area contributed by atoms with Crippen LogP contribution in [0.25, 0.3) is 0 Å². The van der Waals surface area contributed by atoms with Crippen molar-refractivity contribution in [1.82, 2.24) is 5.32 Å². The van der Waals surface area contributed by atoms with Crippen molar-refractivity contribution in [2.75, 3.05) is 26.7 Å². The molecule has 3 heterocycles. The molecule has 0 bridgehead atoms. The van der Waals surface area contributed by atoms with E-state index in [0.717, 1.165) is 0 Å². The maximum absolute atomic E-state index is 11.3. The molecule has 15 N–H and O–H groups in total. The fraction of sp³-hybridized carbons (Fsp3) is 0.920.